The first-order valence-electron chi connectivity index (χ1n) is 4.73. The average Bonchev–Trinajstić information content (AvgIpc) is 2.26. The van der Waals surface area contributed by atoms with Crippen LogP contribution in [-0.2, 0) is 16.0 Å². The summed E-state index contributed by atoms with van der Waals surface area (Å²) in [5, 5.41) is 8.56. The molecule has 0 amide bonds. The third kappa shape index (κ3) is 2.98. The van der Waals surface area contributed by atoms with E-state index in [0.717, 1.165) is 0 Å². The normalized spacial score (nSPS) is 9.81. The van der Waals surface area contributed by atoms with Gasteiger partial charge in [-0.1, -0.05) is 0 Å². The number of nitrogen functional groups attached to an aromatic ring is 1. The molecule has 0 saturated carbocycles. The Morgan fingerprint density at radius 2 is 2.12 bits per heavy atom. The average molecular weight is 223 g/mol. The Morgan fingerprint density at radius 3 is 2.69 bits per heavy atom. The summed E-state index contributed by atoms with van der Waals surface area (Å²) in [7, 11) is 1.29. The zero-order chi connectivity index (χ0) is 12.1. The lowest BCUT2D eigenvalue weighted by atomic mass is 10.0. The van der Waals surface area contributed by atoms with Crippen LogP contribution in [0, 0.1) is 0 Å². The van der Waals surface area contributed by atoms with Crippen molar-refractivity contribution in [1.29, 1.82) is 0 Å². The van der Waals surface area contributed by atoms with Crippen LogP contribution in [0.3, 0.4) is 0 Å². The zero-order valence-corrected chi connectivity index (χ0v) is 8.90. The summed E-state index contributed by atoms with van der Waals surface area (Å²) in [5.41, 5.74) is 7.17. The smallest absolute Gasteiger partial charge is 0.337 e. The molecule has 0 aliphatic heterocycles. The van der Waals surface area contributed by atoms with E-state index in [1.54, 1.807) is 18.2 Å². The second kappa shape index (κ2) is 5.16. The Morgan fingerprint density at radius 1 is 1.44 bits per heavy atom. The van der Waals surface area contributed by atoms with Crippen molar-refractivity contribution in [1.82, 2.24) is 0 Å². The predicted molar refractivity (Wildman–Crippen MR) is 58.2 cm³/mol. The van der Waals surface area contributed by atoms with Crippen LogP contribution in [0.5, 0.6) is 0 Å². The first-order valence-corrected chi connectivity index (χ1v) is 4.73. The molecule has 0 unspecified atom stereocenters. The standard InChI is InChI=1S/C11H13NO4/c1-16-11(15)8-2-4-9(12)7(6-8)3-5-10(13)14/h2,4,6H,3,5,12H2,1H3,(H,13,14). The van der Waals surface area contributed by atoms with Crippen molar-refractivity contribution in [3.8, 4) is 0 Å². The SMILES string of the molecule is COC(=O)c1ccc(N)c(CCC(=O)O)c1. The van der Waals surface area contributed by atoms with Gasteiger partial charge in [0, 0.05) is 12.1 Å². The highest BCUT2D eigenvalue weighted by Gasteiger charge is 2.09. The van der Waals surface area contributed by atoms with Crippen LogP contribution in [-0.4, -0.2) is 24.2 Å². The summed E-state index contributed by atoms with van der Waals surface area (Å²) in [5.74, 6) is -1.36. The van der Waals surface area contributed by atoms with E-state index < -0.39 is 11.9 Å². The maximum atomic E-state index is 11.2. The fourth-order valence-corrected chi connectivity index (χ4v) is 1.31. The lowest BCUT2D eigenvalue weighted by molar-refractivity contribution is -0.136. The van der Waals surface area contributed by atoms with Gasteiger partial charge in [0.25, 0.3) is 0 Å². The Labute approximate surface area is 92.8 Å². The van der Waals surface area contributed by atoms with Crippen molar-refractivity contribution >= 4 is 17.6 Å². The molecule has 5 nitrogen and oxygen atoms in total. The molecule has 3 N–H and O–H groups in total. The van der Waals surface area contributed by atoms with Crippen molar-refractivity contribution in [3.05, 3.63) is 29.3 Å². The van der Waals surface area contributed by atoms with Crippen molar-refractivity contribution in [2.24, 2.45) is 0 Å². The van der Waals surface area contributed by atoms with Gasteiger partial charge in [0.05, 0.1) is 12.7 Å². The van der Waals surface area contributed by atoms with E-state index >= 15 is 0 Å². The number of carbonyl (C=O) groups is 2. The summed E-state index contributed by atoms with van der Waals surface area (Å²) >= 11 is 0. The number of aliphatic carboxylic acids is 1. The lowest BCUT2D eigenvalue weighted by Crippen LogP contribution is -2.05. The number of rotatable bonds is 4. The molecule has 1 aromatic carbocycles. The van der Waals surface area contributed by atoms with E-state index in [9.17, 15) is 9.59 Å². The number of hydrogen-bond acceptors (Lipinski definition) is 4. The molecule has 0 atom stereocenters. The van der Waals surface area contributed by atoms with Crippen molar-refractivity contribution in [2.75, 3.05) is 12.8 Å². The van der Waals surface area contributed by atoms with E-state index in [-0.39, 0.29) is 6.42 Å². The highest BCUT2D eigenvalue weighted by Crippen LogP contribution is 2.16. The van der Waals surface area contributed by atoms with Gasteiger partial charge in [-0.05, 0) is 30.2 Å². The molecule has 0 fully saturated rings. The number of nitrogens with two attached hydrogens (primary N) is 1. The molecule has 0 aromatic heterocycles. The number of anilines is 1. The number of ether oxygens (including phenoxy) is 1. The second-order valence-electron chi connectivity index (χ2n) is 3.30. The van der Waals surface area contributed by atoms with Gasteiger partial charge < -0.3 is 15.6 Å². The van der Waals surface area contributed by atoms with Crippen molar-refractivity contribution in [2.45, 2.75) is 12.8 Å². The number of carboxylic acid groups (broad SMARTS) is 1. The minimum Gasteiger partial charge on any atom is -0.481 e. The Balaban J connectivity index is 2.90. The van der Waals surface area contributed by atoms with Crippen LogP contribution in [0.25, 0.3) is 0 Å². The van der Waals surface area contributed by atoms with Crippen LogP contribution < -0.4 is 5.73 Å². The fraction of sp³-hybridized carbons (Fsp3) is 0.273. The highest BCUT2D eigenvalue weighted by atomic mass is 16.5. The van der Waals surface area contributed by atoms with E-state index in [1.165, 1.54) is 7.11 Å². The molecular formula is C11H13NO4. The second-order valence-corrected chi connectivity index (χ2v) is 3.30. The van der Waals surface area contributed by atoms with Gasteiger partial charge in [-0.15, -0.1) is 0 Å². The van der Waals surface area contributed by atoms with Crippen LogP contribution in [0.4, 0.5) is 5.69 Å². The van der Waals surface area contributed by atoms with Gasteiger partial charge in [-0.3, -0.25) is 4.79 Å². The van der Waals surface area contributed by atoms with Crippen LogP contribution in [0.2, 0.25) is 0 Å². The van der Waals surface area contributed by atoms with Crippen LogP contribution in [0.15, 0.2) is 18.2 Å². The zero-order valence-electron chi connectivity index (χ0n) is 8.90. The first-order chi connectivity index (χ1) is 7.54. The molecule has 0 spiro atoms. The highest BCUT2D eigenvalue weighted by molar-refractivity contribution is 5.90. The molecule has 0 aliphatic rings. The molecule has 86 valence electrons. The van der Waals surface area contributed by atoms with E-state index in [4.69, 9.17) is 10.8 Å². The molecule has 1 rings (SSSR count). The van der Waals surface area contributed by atoms with Gasteiger partial charge in [-0.2, -0.15) is 0 Å². The maximum Gasteiger partial charge on any atom is 0.337 e. The number of carbonyl (C=O) groups excluding carboxylic acids is 1. The molecule has 0 aliphatic carbocycles. The van der Waals surface area contributed by atoms with Crippen molar-refractivity contribution < 1.29 is 19.4 Å². The van der Waals surface area contributed by atoms with Gasteiger partial charge in [0.15, 0.2) is 0 Å². The maximum absolute atomic E-state index is 11.2. The lowest BCUT2D eigenvalue weighted by Gasteiger charge is -2.06. The quantitative estimate of drug-likeness (QED) is 0.588. The van der Waals surface area contributed by atoms with Gasteiger partial charge >= 0.3 is 11.9 Å². The van der Waals surface area contributed by atoms with Gasteiger partial charge in [0.1, 0.15) is 0 Å². The summed E-state index contributed by atoms with van der Waals surface area (Å²) in [4.78, 5) is 21.7. The number of hydrogen-bond donors (Lipinski definition) is 2. The molecule has 5 heteroatoms. The number of carboxylic acids is 1. The molecule has 1 aromatic rings. The topological polar surface area (TPSA) is 89.6 Å². The molecule has 0 heterocycles. The minimum absolute atomic E-state index is 0.0190. The summed E-state index contributed by atoms with van der Waals surface area (Å²) in [6.45, 7) is 0. The number of methoxy groups -OCH3 is 1. The fourth-order valence-electron chi connectivity index (χ4n) is 1.31. The number of benzene rings is 1. The molecule has 0 bridgehead atoms. The van der Waals surface area contributed by atoms with E-state index in [1.807, 2.05) is 0 Å². The van der Waals surface area contributed by atoms with Crippen molar-refractivity contribution in [3.63, 3.8) is 0 Å². The largest absolute Gasteiger partial charge is 0.481 e. The number of aryl methyl sites for hydroxylation is 1. The third-order valence-electron chi connectivity index (χ3n) is 2.17. The Hall–Kier alpha value is -2.04. The predicted octanol–water partition coefficient (Wildman–Crippen LogP) is 1.07. The summed E-state index contributed by atoms with van der Waals surface area (Å²) < 4.78 is 4.56. The summed E-state index contributed by atoms with van der Waals surface area (Å²) in [6.07, 6.45) is 0.279. The molecule has 16 heavy (non-hydrogen) atoms. The summed E-state index contributed by atoms with van der Waals surface area (Å²) in [6, 6.07) is 4.68. The Kier molecular flexibility index (Phi) is 3.88. The molecule has 0 radical (unpaired) electrons. The van der Waals surface area contributed by atoms with Gasteiger partial charge in [0.2, 0.25) is 0 Å². The third-order valence-corrected chi connectivity index (χ3v) is 2.17. The minimum atomic E-state index is -0.900. The molecule has 0 saturated heterocycles. The van der Waals surface area contributed by atoms with Crippen LogP contribution >= 0.6 is 0 Å². The number of esters is 1. The monoisotopic (exact) mass is 223 g/mol. The van der Waals surface area contributed by atoms with Crippen LogP contribution in [0.1, 0.15) is 22.3 Å². The van der Waals surface area contributed by atoms with Gasteiger partial charge in [-0.25, -0.2) is 4.79 Å². The first kappa shape index (κ1) is 12.0. The Bertz CT molecular complexity index is 414. The van der Waals surface area contributed by atoms with E-state index in [0.29, 0.717) is 23.2 Å². The molecular weight excluding hydrogens is 210 g/mol. The van der Waals surface area contributed by atoms with E-state index in [2.05, 4.69) is 4.74 Å².